The Morgan fingerprint density at radius 1 is 1.50 bits per heavy atom. The quantitative estimate of drug-likeness (QED) is 0.851. The molecule has 0 radical (unpaired) electrons. The highest BCUT2D eigenvalue weighted by Crippen LogP contribution is 2.14. The highest BCUT2D eigenvalue weighted by atomic mass is 32.2. The average Bonchev–Trinajstić information content (AvgIpc) is 2.46. The summed E-state index contributed by atoms with van der Waals surface area (Å²) < 4.78 is 16.9. The average molecular weight is 295 g/mol. The number of carbonyl (C=O) groups excluding carboxylic acids is 1. The van der Waals surface area contributed by atoms with E-state index in [4.69, 9.17) is 4.74 Å². The molecular weight excluding hydrogens is 274 g/mol. The number of amides is 1. The normalized spacial score (nSPS) is 20.7. The van der Waals surface area contributed by atoms with Gasteiger partial charge in [0.1, 0.15) is 0 Å². The maximum Gasteiger partial charge on any atom is 0.254 e. The maximum absolute atomic E-state index is 12.5. The third kappa shape index (κ3) is 3.90. The van der Waals surface area contributed by atoms with Crippen LogP contribution in [0.15, 0.2) is 24.3 Å². The predicted molar refractivity (Wildman–Crippen MR) is 80.1 cm³/mol. The minimum Gasteiger partial charge on any atom is -0.375 e. The Morgan fingerprint density at radius 3 is 3.00 bits per heavy atom. The molecule has 1 amide bonds. The molecule has 1 fully saturated rings. The summed E-state index contributed by atoms with van der Waals surface area (Å²) in [6, 6.07) is 7.43. The van der Waals surface area contributed by atoms with Crippen LogP contribution in [0.3, 0.4) is 0 Å². The molecule has 1 aliphatic rings. The number of ether oxygens (including phenoxy) is 1. The predicted octanol–water partition coefficient (Wildman–Crippen LogP) is 1.82. The van der Waals surface area contributed by atoms with Gasteiger partial charge in [0, 0.05) is 41.5 Å². The number of hydrogen-bond donors (Lipinski definition) is 0. The number of rotatable bonds is 4. The minimum absolute atomic E-state index is 0.0375. The van der Waals surface area contributed by atoms with Crippen LogP contribution in [-0.4, -0.2) is 47.1 Å². The van der Waals surface area contributed by atoms with Gasteiger partial charge in [-0.2, -0.15) is 0 Å². The standard InChI is InChI=1S/C15H21NO3S/c1-3-14-10-16(7-8-19-14)15(17)13-6-4-5-12(9-13)11-20(2)18/h4-6,9,14H,3,7-8,10-11H2,1-2H3/t14-,20+/m1/s1. The second-order valence-electron chi connectivity index (χ2n) is 5.07. The molecule has 2 rings (SSSR count). The second-order valence-corrected chi connectivity index (χ2v) is 6.51. The van der Waals surface area contributed by atoms with E-state index in [1.807, 2.05) is 29.2 Å². The molecule has 1 aromatic rings. The van der Waals surface area contributed by atoms with Crippen LogP contribution >= 0.6 is 0 Å². The Morgan fingerprint density at radius 2 is 2.30 bits per heavy atom. The fourth-order valence-corrected chi connectivity index (χ4v) is 3.01. The molecule has 4 nitrogen and oxygen atoms in total. The van der Waals surface area contributed by atoms with Crippen LogP contribution in [0.2, 0.25) is 0 Å². The van der Waals surface area contributed by atoms with Crippen molar-refractivity contribution in [1.82, 2.24) is 4.90 Å². The lowest BCUT2D eigenvalue weighted by molar-refractivity contribution is -0.0226. The molecule has 0 aromatic heterocycles. The number of benzene rings is 1. The van der Waals surface area contributed by atoms with Gasteiger partial charge in [0.25, 0.3) is 5.91 Å². The molecule has 110 valence electrons. The van der Waals surface area contributed by atoms with E-state index < -0.39 is 10.8 Å². The van der Waals surface area contributed by atoms with Crippen molar-refractivity contribution in [3.8, 4) is 0 Å². The zero-order valence-corrected chi connectivity index (χ0v) is 12.8. The van der Waals surface area contributed by atoms with E-state index in [9.17, 15) is 9.00 Å². The molecule has 5 heteroatoms. The number of hydrogen-bond acceptors (Lipinski definition) is 3. The SMILES string of the molecule is CC[C@@H]1CN(C(=O)c2cccc(C[S@](C)=O)c2)CCO1. The summed E-state index contributed by atoms with van der Waals surface area (Å²) in [6.07, 6.45) is 2.72. The van der Waals surface area contributed by atoms with Crippen molar-refractivity contribution < 1.29 is 13.7 Å². The van der Waals surface area contributed by atoms with Gasteiger partial charge in [0.2, 0.25) is 0 Å². The Hall–Kier alpha value is -1.20. The summed E-state index contributed by atoms with van der Waals surface area (Å²) in [4.78, 5) is 14.3. The van der Waals surface area contributed by atoms with Gasteiger partial charge < -0.3 is 9.64 Å². The fraction of sp³-hybridized carbons (Fsp3) is 0.533. The van der Waals surface area contributed by atoms with E-state index in [1.54, 1.807) is 6.26 Å². The smallest absolute Gasteiger partial charge is 0.254 e. The summed E-state index contributed by atoms with van der Waals surface area (Å²) in [5, 5.41) is 0. The molecule has 0 N–H and O–H groups in total. The van der Waals surface area contributed by atoms with E-state index in [-0.39, 0.29) is 12.0 Å². The van der Waals surface area contributed by atoms with Crippen molar-refractivity contribution in [2.45, 2.75) is 25.2 Å². The molecule has 20 heavy (non-hydrogen) atoms. The third-order valence-electron chi connectivity index (χ3n) is 3.43. The zero-order chi connectivity index (χ0) is 14.5. The second kappa shape index (κ2) is 6.99. The Kier molecular flexibility index (Phi) is 5.31. The van der Waals surface area contributed by atoms with Gasteiger partial charge in [-0.25, -0.2) is 0 Å². The van der Waals surface area contributed by atoms with Crippen LogP contribution in [0.4, 0.5) is 0 Å². The molecule has 0 aliphatic carbocycles. The van der Waals surface area contributed by atoms with Gasteiger partial charge in [-0.15, -0.1) is 0 Å². The summed E-state index contributed by atoms with van der Waals surface area (Å²) in [5.41, 5.74) is 1.61. The van der Waals surface area contributed by atoms with Gasteiger partial charge in [0.15, 0.2) is 0 Å². The van der Waals surface area contributed by atoms with Crippen LogP contribution < -0.4 is 0 Å². The highest BCUT2D eigenvalue weighted by Gasteiger charge is 2.24. The Labute approximate surface area is 122 Å². The first-order chi connectivity index (χ1) is 9.60. The monoisotopic (exact) mass is 295 g/mol. The topological polar surface area (TPSA) is 46.6 Å². The van der Waals surface area contributed by atoms with Crippen molar-refractivity contribution in [2.75, 3.05) is 26.0 Å². The number of nitrogens with zero attached hydrogens (tertiary/aromatic N) is 1. The summed E-state index contributed by atoms with van der Waals surface area (Å²) in [6.45, 7) is 3.96. The largest absolute Gasteiger partial charge is 0.375 e. The lowest BCUT2D eigenvalue weighted by atomic mass is 10.1. The molecule has 2 atom stereocenters. The molecule has 0 bridgehead atoms. The van der Waals surface area contributed by atoms with E-state index in [1.165, 1.54) is 0 Å². The summed E-state index contributed by atoms with van der Waals surface area (Å²) in [7, 11) is -0.895. The Balaban J connectivity index is 2.10. The molecule has 1 aliphatic heterocycles. The van der Waals surface area contributed by atoms with Crippen molar-refractivity contribution in [3.05, 3.63) is 35.4 Å². The van der Waals surface area contributed by atoms with Gasteiger partial charge in [0.05, 0.1) is 12.7 Å². The minimum atomic E-state index is -0.895. The molecule has 1 saturated heterocycles. The van der Waals surface area contributed by atoms with Crippen LogP contribution in [0, 0.1) is 0 Å². The molecular formula is C15H21NO3S. The lowest BCUT2D eigenvalue weighted by Gasteiger charge is -2.32. The summed E-state index contributed by atoms with van der Waals surface area (Å²) in [5.74, 6) is 0.525. The van der Waals surface area contributed by atoms with E-state index in [0.29, 0.717) is 31.0 Å². The van der Waals surface area contributed by atoms with Crippen molar-refractivity contribution in [2.24, 2.45) is 0 Å². The van der Waals surface area contributed by atoms with Crippen LogP contribution in [0.5, 0.6) is 0 Å². The van der Waals surface area contributed by atoms with E-state index in [2.05, 4.69) is 6.92 Å². The van der Waals surface area contributed by atoms with Gasteiger partial charge in [-0.1, -0.05) is 19.1 Å². The zero-order valence-electron chi connectivity index (χ0n) is 12.0. The Bertz CT molecular complexity index is 504. The molecule has 1 aromatic carbocycles. The van der Waals surface area contributed by atoms with Crippen LogP contribution in [0.1, 0.15) is 29.3 Å². The van der Waals surface area contributed by atoms with Crippen molar-refractivity contribution in [1.29, 1.82) is 0 Å². The van der Waals surface area contributed by atoms with Crippen LogP contribution in [-0.2, 0) is 21.3 Å². The first kappa shape index (κ1) is 15.2. The van der Waals surface area contributed by atoms with E-state index >= 15 is 0 Å². The van der Waals surface area contributed by atoms with E-state index in [0.717, 1.165) is 12.0 Å². The highest BCUT2D eigenvalue weighted by molar-refractivity contribution is 7.83. The first-order valence-electron chi connectivity index (χ1n) is 6.90. The molecule has 1 heterocycles. The van der Waals surface area contributed by atoms with Crippen molar-refractivity contribution >= 4 is 16.7 Å². The third-order valence-corrected chi connectivity index (χ3v) is 4.17. The lowest BCUT2D eigenvalue weighted by Crippen LogP contribution is -2.45. The number of morpholine rings is 1. The van der Waals surface area contributed by atoms with Gasteiger partial charge in [-0.3, -0.25) is 9.00 Å². The summed E-state index contributed by atoms with van der Waals surface area (Å²) >= 11 is 0. The number of carbonyl (C=O) groups is 1. The molecule has 0 spiro atoms. The van der Waals surface area contributed by atoms with Gasteiger partial charge in [-0.05, 0) is 24.1 Å². The molecule has 0 saturated carbocycles. The fourth-order valence-electron chi connectivity index (χ4n) is 2.36. The molecule has 0 unspecified atom stereocenters. The van der Waals surface area contributed by atoms with Crippen LogP contribution in [0.25, 0.3) is 0 Å². The maximum atomic E-state index is 12.5. The van der Waals surface area contributed by atoms with Gasteiger partial charge >= 0.3 is 0 Å². The van der Waals surface area contributed by atoms with Crippen molar-refractivity contribution in [3.63, 3.8) is 0 Å². The first-order valence-corrected chi connectivity index (χ1v) is 8.62.